The molecule has 0 bridgehead atoms. The zero-order valence-corrected chi connectivity index (χ0v) is 18.7. The van der Waals surface area contributed by atoms with Gasteiger partial charge in [-0.1, -0.05) is 11.6 Å². The first kappa shape index (κ1) is 22.5. The van der Waals surface area contributed by atoms with Gasteiger partial charge in [-0.25, -0.2) is 14.8 Å². The molecule has 3 aromatic rings. The van der Waals surface area contributed by atoms with Gasteiger partial charge in [0.1, 0.15) is 5.75 Å². The van der Waals surface area contributed by atoms with Gasteiger partial charge in [0.2, 0.25) is 5.95 Å². The summed E-state index contributed by atoms with van der Waals surface area (Å²) in [7, 11) is 2.77. The monoisotopic (exact) mass is 472 g/mol. The molecule has 33 heavy (non-hydrogen) atoms. The molecular formula is C21H21ClN6O5. The maximum Gasteiger partial charge on any atom is 0.434 e. The summed E-state index contributed by atoms with van der Waals surface area (Å²) >= 11 is 6.26. The van der Waals surface area contributed by atoms with E-state index in [4.69, 9.17) is 21.1 Å². The van der Waals surface area contributed by atoms with Gasteiger partial charge in [-0.2, -0.15) is 9.78 Å². The van der Waals surface area contributed by atoms with Crippen LogP contribution in [0.15, 0.2) is 36.8 Å². The summed E-state index contributed by atoms with van der Waals surface area (Å²) in [6, 6.07) is 5.09. The van der Waals surface area contributed by atoms with Crippen LogP contribution in [0.25, 0.3) is 11.3 Å². The summed E-state index contributed by atoms with van der Waals surface area (Å²) < 4.78 is 16.5. The fraction of sp³-hybridized carbons (Fsp3) is 0.286. The molecule has 1 aromatic carbocycles. The summed E-state index contributed by atoms with van der Waals surface area (Å²) in [6.45, 7) is 2.15. The lowest BCUT2D eigenvalue weighted by molar-refractivity contribution is 0.0302. The zero-order chi connectivity index (χ0) is 23.4. The second kappa shape index (κ2) is 9.84. The number of rotatable bonds is 5. The topological polar surface area (TPSA) is 121 Å². The Morgan fingerprint density at radius 1 is 1.18 bits per heavy atom. The molecule has 0 atom stereocenters. The number of anilines is 2. The van der Waals surface area contributed by atoms with Crippen molar-refractivity contribution < 1.29 is 23.8 Å². The average molecular weight is 473 g/mol. The first-order valence-electron chi connectivity index (χ1n) is 9.98. The number of methoxy groups -OCH3 is 2. The smallest absolute Gasteiger partial charge is 0.434 e. The van der Waals surface area contributed by atoms with Crippen molar-refractivity contribution in [2.24, 2.45) is 0 Å². The first-order chi connectivity index (χ1) is 16.0. The quantitative estimate of drug-likeness (QED) is 0.597. The number of morpholine rings is 1. The minimum atomic E-state index is -0.638. The van der Waals surface area contributed by atoms with E-state index in [1.165, 1.54) is 32.8 Å². The van der Waals surface area contributed by atoms with Crippen LogP contribution in [-0.4, -0.2) is 77.2 Å². The highest BCUT2D eigenvalue weighted by Crippen LogP contribution is 2.31. The molecule has 1 fully saturated rings. The molecule has 11 nitrogen and oxygen atoms in total. The number of ether oxygens (including phenoxy) is 3. The average Bonchev–Trinajstić information content (AvgIpc) is 3.35. The third-order valence-electron chi connectivity index (χ3n) is 4.96. The van der Waals surface area contributed by atoms with E-state index in [1.54, 1.807) is 23.1 Å². The Labute approximate surface area is 194 Å². The first-order valence-corrected chi connectivity index (χ1v) is 10.4. The number of aromatic nitrogens is 4. The molecule has 1 aliphatic rings. The van der Waals surface area contributed by atoms with Crippen LogP contribution in [0.3, 0.4) is 0 Å². The number of hydrogen-bond donors (Lipinski definition) is 1. The van der Waals surface area contributed by atoms with Crippen molar-refractivity contribution >= 4 is 35.2 Å². The molecule has 12 heteroatoms. The molecule has 0 aliphatic carbocycles. The summed E-state index contributed by atoms with van der Waals surface area (Å²) in [5, 5.41) is 7.31. The van der Waals surface area contributed by atoms with Crippen LogP contribution in [-0.2, 0) is 9.47 Å². The Hall–Kier alpha value is -3.70. The number of nitrogens with one attached hydrogen (secondary N) is 1. The summed E-state index contributed by atoms with van der Waals surface area (Å²) in [4.78, 5) is 34.8. The van der Waals surface area contributed by atoms with Crippen LogP contribution in [0.5, 0.6) is 5.75 Å². The molecule has 0 spiro atoms. The number of halogens is 1. The molecule has 0 radical (unpaired) electrons. The van der Waals surface area contributed by atoms with E-state index < -0.39 is 6.09 Å². The van der Waals surface area contributed by atoms with Crippen LogP contribution in [0.1, 0.15) is 10.4 Å². The highest BCUT2D eigenvalue weighted by molar-refractivity contribution is 6.32. The maximum absolute atomic E-state index is 12.8. The van der Waals surface area contributed by atoms with Gasteiger partial charge in [0.05, 0.1) is 56.2 Å². The summed E-state index contributed by atoms with van der Waals surface area (Å²) in [6.07, 6.45) is 3.70. The van der Waals surface area contributed by atoms with E-state index in [-0.39, 0.29) is 16.9 Å². The van der Waals surface area contributed by atoms with Gasteiger partial charge in [-0.15, -0.1) is 0 Å². The molecule has 1 amide bonds. The predicted molar refractivity (Wildman–Crippen MR) is 119 cm³/mol. The number of nitrogens with zero attached hydrogens (tertiary/aromatic N) is 5. The third kappa shape index (κ3) is 4.89. The van der Waals surface area contributed by atoms with Crippen molar-refractivity contribution in [1.29, 1.82) is 0 Å². The highest BCUT2D eigenvalue weighted by Gasteiger charge is 2.20. The van der Waals surface area contributed by atoms with Crippen molar-refractivity contribution in [3.05, 3.63) is 47.4 Å². The summed E-state index contributed by atoms with van der Waals surface area (Å²) in [5.41, 5.74) is 1.96. The van der Waals surface area contributed by atoms with E-state index in [0.717, 1.165) is 4.68 Å². The number of amides is 1. The van der Waals surface area contributed by atoms with Crippen molar-refractivity contribution in [3.63, 3.8) is 0 Å². The van der Waals surface area contributed by atoms with Crippen LogP contribution in [0.4, 0.5) is 16.4 Å². The lowest BCUT2D eigenvalue weighted by Crippen LogP contribution is -2.40. The Bertz CT molecular complexity index is 1180. The van der Waals surface area contributed by atoms with Gasteiger partial charge < -0.3 is 24.4 Å². The molecule has 172 valence electrons. The number of benzene rings is 1. The third-order valence-corrected chi connectivity index (χ3v) is 5.23. The summed E-state index contributed by atoms with van der Waals surface area (Å²) in [5.74, 6) is 0.606. The van der Waals surface area contributed by atoms with Crippen molar-refractivity contribution in [2.45, 2.75) is 0 Å². The molecule has 4 rings (SSSR count). The molecule has 3 heterocycles. The number of hydrogen-bond acceptors (Lipinski definition) is 9. The second-order valence-electron chi connectivity index (χ2n) is 6.98. The SMILES string of the molecule is COC(=O)n1cc(-c2nc(Nc3ccc(C(=O)N4CCOCC4)cc3OC)ncc2Cl)cn1. The van der Waals surface area contributed by atoms with Gasteiger partial charge in [-0.05, 0) is 18.2 Å². The Morgan fingerprint density at radius 2 is 1.97 bits per heavy atom. The lowest BCUT2D eigenvalue weighted by Gasteiger charge is -2.27. The number of carbonyl (C=O) groups is 2. The highest BCUT2D eigenvalue weighted by atomic mass is 35.5. The van der Waals surface area contributed by atoms with Crippen LogP contribution < -0.4 is 10.1 Å². The molecule has 1 aliphatic heterocycles. The normalized spacial score (nSPS) is 13.5. The van der Waals surface area contributed by atoms with Gasteiger partial charge in [0.25, 0.3) is 5.91 Å². The molecule has 1 N–H and O–H groups in total. The predicted octanol–water partition coefficient (Wildman–Crippen LogP) is 2.83. The lowest BCUT2D eigenvalue weighted by atomic mass is 10.1. The minimum absolute atomic E-state index is 0.0872. The fourth-order valence-corrected chi connectivity index (χ4v) is 3.47. The van der Waals surface area contributed by atoms with Gasteiger partial charge >= 0.3 is 6.09 Å². The standard InChI is InChI=1S/C21H21ClN6O5/c1-31-17-9-13(19(29)27-5-7-33-8-6-27)3-4-16(17)25-20-23-11-15(22)18(26-20)14-10-24-28(12-14)21(30)32-2/h3-4,9-12H,5-8H2,1-2H3,(H,23,25,26). The molecular weight excluding hydrogens is 452 g/mol. The maximum atomic E-state index is 12.8. The van der Waals surface area contributed by atoms with E-state index >= 15 is 0 Å². The van der Waals surface area contributed by atoms with Crippen LogP contribution in [0, 0.1) is 0 Å². The minimum Gasteiger partial charge on any atom is -0.495 e. The van der Waals surface area contributed by atoms with Crippen molar-refractivity contribution in [1.82, 2.24) is 24.6 Å². The zero-order valence-electron chi connectivity index (χ0n) is 17.9. The van der Waals surface area contributed by atoms with Gasteiger partial charge in [0.15, 0.2) is 0 Å². The van der Waals surface area contributed by atoms with Crippen molar-refractivity contribution in [3.8, 4) is 17.0 Å². The molecule has 2 aromatic heterocycles. The second-order valence-corrected chi connectivity index (χ2v) is 7.39. The largest absolute Gasteiger partial charge is 0.495 e. The van der Waals surface area contributed by atoms with E-state index in [0.29, 0.717) is 54.6 Å². The van der Waals surface area contributed by atoms with E-state index in [9.17, 15) is 9.59 Å². The van der Waals surface area contributed by atoms with Gasteiger partial charge in [-0.3, -0.25) is 4.79 Å². The Morgan fingerprint density at radius 3 is 2.70 bits per heavy atom. The van der Waals surface area contributed by atoms with Gasteiger partial charge in [0, 0.05) is 30.4 Å². The Kier molecular flexibility index (Phi) is 6.71. The van der Waals surface area contributed by atoms with Crippen LogP contribution >= 0.6 is 11.6 Å². The molecule has 0 saturated carbocycles. The number of carbonyl (C=O) groups excluding carboxylic acids is 2. The van der Waals surface area contributed by atoms with Crippen LogP contribution in [0.2, 0.25) is 5.02 Å². The molecule has 1 saturated heterocycles. The van der Waals surface area contributed by atoms with Crippen molar-refractivity contribution in [2.75, 3.05) is 45.8 Å². The van der Waals surface area contributed by atoms with E-state index in [1.807, 2.05) is 0 Å². The molecule has 0 unspecified atom stereocenters. The Balaban J connectivity index is 1.57. The fourth-order valence-electron chi connectivity index (χ4n) is 3.27. The van der Waals surface area contributed by atoms with E-state index in [2.05, 4.69) is 25.1 Å².